The number of rotatable bonds is 5. The molecule has 0 aliphatic carbocycles. The fourth-order valence-corrected chi connectivity index (χ4v) is 3.42. The lowest BCUT2D eigenvalue weighted by Gasteiger charge is -2.18. The average molecular weight is 321 g/mol. The van der Waals surface area contributed by atoms with E-state index in [2.05, 4.69) is 44.6 Å². The maximum absolute atomic E-state index is 5.97. The van der Waals surface area contributed by atoms with Crippen LogP contribution in [0.4, 0.5) is 0 Å². The van der Waals surface area contributed by atoms with Gasteiger partial charge >= 0.3 is 0 Å². The summed E-state index contributed by atoms with van der Waals surface area (Å²) in [5, 5.41) is 10.7. The summed E-state index contributed by atoms with van der Waals surface area (Å²) in [5.74, 6) is 0. The van der Waals surface area contributed by atoms with E-state index in [4.69, 9.17) is 11.6 Å². The highest BCUT2D eigenvalue weighted by molar-refractivity contribution is 7.08. The molecule has 2 aromatic heterocycles. The standard InChI is InChI=1S/C15H13ClN2S2/c16-13-3-1-11(2-4-13)15(12-5-6-19-8-12)17-7-14-9-20-10-18-14/h1-6,8-10,15,17H,7H2/t15-/m0/s1. The van der Waals surface area contributed by atoms with Gasteiger partial charge in [-0.05, 0) is 40.1 Å². The normalized spacial score (nSPS) is 12.4. The Labute approximate surface area is 131 Å². The van der Waals surface area contributed by atoms with Gasteiger partial charge in [-0.2, -0.15) is 11.3 Å². The molecule has 102 valence electrons. The van der Waals surface area contributed by atoms with Crippen molar-refractivity contribution in [1.29, 1.82) is 0 Å². The Bertz CT molecular complexity index is 633. The molecular formula is C15H13ClN2S2. The molecule has 0 unspecified atom stereocenters. The van der Waals surface area contributed by atoms with Crippen LogP contribution < -0.4 is 5.32 Å². The molecule has 0 radical (unpaired) electrons. The molecule has 0 amide bonds. The smallest absolute Gasteiger partial charge is 0.0795 e. The van der Waals surface area contributed by atoms with Crippen LogP contribution in [0, 0.1) is 0 Å². The molecule has 1 N–H and O–H groups in total. The topological polar surface area (TPSA) is 24.9 Å². The van der Waals surface area contributed by atoms with Crippen LogP contribution in [0.3, 0.4) is 0 Å². The lowest BCUT2D eigenvalue weighted by atomic mass is 10.0. The van der Waals surface area contributed by atoms with Crippen LogP contribution in [0.2, 0.25) is 5.02 Å². The minimum atomic E-state index is 0.167. The van der Waals surface area contributed by atoms with Crippen LogP contribution in [0.25, 0.3) is 0 Å². The minimum absolute atomic E-state index is 0.167. The number of nitrogens with one attached hydrogen (secondary N) is 1. The molecule has 5 heteroatoms. The molecule has 0 fully saturated rings. The molecule has 0 bridgehead atoms. The number of nitrogens with zero attached hydrogens (tertiary/aromatic N) is 1. The zero-order valence-corrected chi connectivity index (χ0v) is 13.0. The van der Waals surface area contributed by atoms with Crippen LogP contribution in [-0.4, -0.2) is 4.98 Å². The van der Waals surface area contributed by atoms with Gasteiger partial charge in [-0.15, -0.1) is 11.3 Å². The van der Waals surface area contributed by atoms with E-state index in [0.717, 1.165) is 17.3 Å². The van der Waals surface area contributed by atoms with Gasteiger partial charge in [0, 0.05) is 16.9 Å². The molecule has 3 rings (SSSR count). The van der Waals surface area contributed by atoms with Gasteiger partial charge in [0.1, 0.15) is 0 Å². The summed E-state index contributed by atoms with van der Waals surface area (Å²) >= 11 is 9.30. The van der Waals surface area contributed by atoms with Crippen molar-refractivity contribution in [3.05, 3.63) is 73.8 Å². The fourth-order valence-electron chi connectivity index (χ4n) is 2.05. The molecule has 0 spiro atoms. The number of thiazole rings is 1. The first-order valence-corrected chi connectivity index (χ1v) is 8.47. The van der Waals surface area contributed by atoms with Crippen molar-refractivity contribution < 1.29 is 0 Å². The second kappa shape index (κ2) is 6.50. The van der Waals surface area contributed by atoms with Gasteiger partial charge < -0.3 is 5.32 Å². The van der Waals surface area contributed by atoms with Crippen molar-refractivity contribution in [2.45, 2.75) is 12.6 Å². The second-order valence-corrected chi connectivity index (χ2v) is 6.34. The molecule has 0 saturated heterocycles. The molecular weight excluding hydrogens is 308 g/mol. The Kier molecular flexibility index (Phi) is 4.47. The van der Waals surface area contributed by atoms with Gasteiger partial charge in [0.15, 0.2) is 0 Å². The summed E-state index contributed by atoms with van der Waals surface area (Å²) in [5.41, 5.74) is 5.42. The Hall–Kier alpha value is -1.20. The average Bonchev–Trinajstić information content (AvgIpc) is 3.14. The van der Waals surface area contributed by atoms with Gasteiger partial charge in [-0.3, -0.25) is 0 Å². The summed E-state index contributed by atoms with van der Waals surface area (Å²) < 4.78 is 0. The largest absolute Gasteiger partial charge is 0.300 e. The highest BCUT2D eigenvalue weighted by Crippen LogP contribution is 2.25. The first kappa shape index (κ1) is 13.8. The lowest BCUT2D eigenvalue weighted by Crippen LogP contribution is -2.21. The van der Waals surface area contributed by atoms with Crippen molar-refractivity contribution in [3.8, 4) is 0 Å². The highest BCUT2D eigenvalue weighted by atomic mass is 35.5. The summed E-state index contributed by atoms with van der Waals surface area (Å²) in [7, 11) is 0. The van der Waals surface area contributed by atoms with Gasteiger partial charge in [0.05, 0.1) is 17.2 Å². The van der Waals surface area contributed by atoms with Gasteiger partial charge in [-0.25, -0.2) is 4.98 Å². The molecule has 0 saturated carbocycles. The van der Waals surface area contributed by atoms with Crippen molar-refractivity contribution in [1.82, 2.24) is 10.3 Å². The molecule has 3 aromatic rings. The summed E-state index contributed by atoms with van der Waals surface area (Å²) in [6, 6.07) is 10.3. The van der Waals surface area contributed by atoms with E-state index >= 15 is 0 Å². The van der Waals surface area contributed by atoms with E-state index in [1.54, 1.807) is 22.7 Å². The van der Waals surface area contributed by atoms with Crippen molar-refractivity contribution >= 4 is 34.3 Å². The number of halogens is 1. The monoisotopic (exact) mass is 320 g/mol. The number of aromatic nitrogens is 1. The fraction of sp³-hybridized carbons (Fsp3) is 0.133. The number of benzene rings is 1. The van der Waals surface area contributed by atoms with Crippen molar-refractivity contribution in [3.63, 3.8) is 0 Å². The quantitative estimate of drug-likeness (QED) is 0.734. The van der Waals surface area contributed by atoms with Crippen LogP contribution in [0.5, 0.6) is 0 Å². The Morgan fingerprint density at radius 3 is 2.55 bits per heavy atom. The predicted molar refractivity (Wildman–Crippen MR) is 86.6 cm³/mol. The first-order valence-electron chi connectivity index (χ1n) is 6.21. The van der Waals surface area contributed by atoms with E-state index in [-0.39, 0.29) is 6.04 Å². The van der Waals surface area contributed by atoms with Gasteiger partial charge in [0.2, 0.25) is 0 Å². The van der Waals surface area contributed by atoms with Crippen LogP contribution in [0.1, 0.15) is 22.9 Å². The number of hydrogen-bond acceptors (Lipinski definition) is 4. The lowest BCUT2D eigenvalue weighted by molar-refractivity contribution is 0.600. The van der Waals surface area contributed by atoms with E-state index in [1.165, 1.54) is 11.1 Å². The van der Waals surface area contributed by atoms with E-state index in [0.29, 0.717) is 0 Å². The molecule has 2 heterocycles. The second-order valence-electron chi connectivity index (χ2n) is 4.40. The van der Waals surface area contributed by atoms with Crippen LogP contribution in [0.15, 0.2) is 52.0 Å². The molecule has 0 aliphatic heterocycles. The molecule has 1 atom stereocenters. The Morgan fingerprint density at radius 1 is 1.05 bits per heavy atom. The van der Waals surface area contributed by atoms with E-state index < -0.39 is 0 Å². The summed E-state index contributed by atoms with van der Waals surface area (Å²) in [6.07, 6.45) is 0. The Morgan fingerprint density at radius 2 is 1.90 bits per heavy atom. The number of hydrogen-bond donors (Lipinski definition) is 1. The predicted octanol–water partition coefficient (Wildman–Crippen LogP) is 4.74. The molecule has 0 aliphatic rings. The zero-order chi connectivity index (χ0) is 13.8. The van der Waals surface area contributed by atoms with Crippen LogP contribution >= 0.6 is 34.3 Å². The third-order valence-corrected chi connectivity index (χ3v) is 4.64. The SMILES string of the molecule is Clc1ccc([C@H](NCc2cscn2)c2ccsc2)cc1. The summed E-state index contributed by atoms with van der Waals surface area (Å²) in [4.78, 5) is 4.31. The number of thiophene rings is 1. The third-order valence-electron chi connectivity index (χ3n) is 3.05. The Balaban J connectivity index is 1.82. The van der Waals surface area contributed by atoms with Gasteiger partial charge in [-0.1, -0.05) is 23.7 Å². The van der Waals surface area contributed by atoms with Crippen molar-refractivity contribution in [2.75, 3.05) is 0 Å². The maximum atomic E-state index is 5.97. The maximum Gasteiger partial charge on any atom is 0.0795 e. The van der Waals surface area contributed by atoms with E-state index in [9.17, 15) is 0 Å². The molecule has 20 heavy (non-hydrogen) atoms. The third kappa shape index (κ3) is 3.27. The summed E-state index contributed by atoms with van der Waals surface area (Å²) in [6.45, 7) is 0.757. The van der Waals surface area contributed by atoms with Crippen LogP contribution in [-0.2, 0) is 6.54 Å². The van der Waals surface area contributed by atoms with E-state index in [1.807, 2.05) is 17.6 Å². The van der Waals surface area contributed by atoms with Gasteiger partial charge in [0.25, 0.3) is 0 Å². The molecule has 2 nitrogen and oxygen atoms in total. The minimum Gasteiger partial charge on any atom is -0.300 e. The highest BCUT2D eigenvalue weighted by Gasteiger charge is 2.14. The van der Waals surface area contributed by atoms with Crippen molar-refractivity contribution in [2.24, 2.45) is 0 Å². The zero-order valence-electron chi connectivity index (χ0n) is 10.6. The first-order chi connectivity index (χ1) is 9.83. The molecule has 1 aromatic carbocycles.